The molecule has 2 aromatic rings. The van der Waals surface area contributed by atoms with E-state index in [1.54, 1.807) is 5.56 Å². The minimum atomic E-state index is 0.630. The molecule has 1 saturated carbocycles. The number of hydrogen-bond acceptors (Lipinski definition) is 2. The van der Waals surface area contributed by atoms with Crippen molar-refractivity contribution in [3.05, 3.63) is 40.5 Å². The summed E-state index contributed by atoms with van der Waals surface area (Å²) in [6.07, 6.45) is 7.99. The van der Waals surface area contributed by atoms with Gasteiger partial charge in [0, 0.05) is 28.1 Å². The summed E-state index contributed by atoms with van der Waals surface area (Å²) in [7, 11) is 0. The maximum absolute atomic E-state index is 6.29. The highest BCUT2D eigenvalue weighted by atomic mass is 35.5. The lowest BCUT2D eigenvalue weighted by molar-refractivity contribution is -0.00813. The Hall–Kier alpha value is -1.12. The zero-order valence-electron chi connectivity index (χ0n) is 16.6. The van der Waals surface area contributed by atoms with Crippen molar-refractivity contribution in [1.29, 1.82) is 0 Å². The van der Waals surface area contributed by atoms with Gasteiger partial charge in [0.2, 0.25) is 0 Å². The fourth-order valence-corrected chi connectivity index (χ4v) is 6.94. The molecule has 5 rings (SSSR count). The van der Waals surface area contributed by atoms with E-state index in [1.165, 1.54) is 62.7 Å². The second-order valence-corrected chi connectivity index (χ2v) is 9.42. The third-order valence-electron chi connectivity index (χ3n) is 7.69. The summed E-state index contributed by atoms with van der Waals surface area (Å²) >= 11 is 6.29. The van der Waals surface area contributed by atoms with Crippen molar-refractivity contribution in [3.63, 3.8) is 0 Å². The van der Waals surface area contributed by atoms with E-state index in [0.29, 0.717) is 11.8 Å². The molecule has 3 aliphatic rings. The quantitative estimate of drug-likeness (QED) is 0.612. The van der Waals surface area contributed by atoms with E-state index in [-0.39, 0.29) is 0 Å². The summed E-state index contributed by atoms with van der Waals surface area (Å²) in [6.45, 7) is 7.24. The molecule has 0 N–H and O–H groups in total. The highest BCUT2D eigenvalue weighted by Gasteiger charge is 2.50. The van der Waals surface area contributed by atoms with Crippen LogP contribution in [-0.2, 0) is 0 Å². The van der Waals surface area contributed by atoms with E-state index >= 15 is 0 Å². The molecule has 2 fully saturated rings. The average molecular weight is 383 g/mol. The van der Waals surface area contributed by atoms with Gasteiger partial charge < -0.3 is 4.90 Å². The number of hydrogen-bond donors (Lipinski definition) is 0. The number of benzene rings is 1. The van der Waals surface area contributed by atoms with Crippen LogP contribution in [0.15, 0.2) is 24.3 Å². The minimum absolute atomic E-state index is 0.630. The van der Waals surface area contributed by atoms with Gasteiger partial charge in [-0.2, -0.15) is 0 Å². The Bertz CT molecular complexity index is 848. The predicted molar refractivity (Wildman–Crippen MR) is 114 cm³/mol. The number of pyridine rings is 1. The molecule has 0 bridgehead atoms. The highest BCUT2D eigenvalue weighted by molar-refractivity contribution is 6.31. The second-order valence-electron chi connectivity index (χ2n) is 8.99. The topological polar surface area (TPSA) is 16.1 Å². The van der Waals surface area contributed by atoms with Gasteiger partial charge in [0.15, 0.2) is 0 Å². The molecule has 144 valence electrons. The Kier molecular flexibility index (Phi) is 4.68. The van der Waals surface area contributed by atoms with Crippen LogP contribution in [0.2, 0.25) is 5.02 Å². The Morgan fingerprint density at radius 1 is 1.15 bits per heavy atom. The summed E-state index contributed by atoms with van der Waals surface area (Å²) in [5.74, 6) is 2.98. The molecular formula is C24H31ClN2. The van der Waals surface area contributed by atoms with Crippen LogP contribution in [0.25, 0.3) is 10.9 Å². The van der Waals surface area contributed by atoms with E-state index in [0.717, 1.165) is 28.4 Å². The summed E-state index contributed by atoms with van der Waals surface area (Å²) < 4.78 is 0. The van der Waals surface area contributed by atoms with Gasteiger partial charge in [-0.05, 0) is 92.8 Å². The van der Waals surface area contributed by atoms with Gasteiger partial charge in [-0.3, -0.25) is 4.98 Å². The summed E-state index contributed by atoms with van der Waals surface area (Å²) in [4.78, 5) is 8.06. The average Bonchev–Trinajstić information content (AvgIpc) is 2.69. The zero-order valence-corrected chi connectivity index (χ0v) is 17.4. The fourth-order valence-electron chi connectivity index (χ4n) is 6.76. The fraction of sp³-hybridized carbons (Fsp3) is 0.625. The zero-order chi connectivity index (χ0) is 18.5. The van der Waals surface area contributed by atoms with Crippen LogP contribution < -0.4 is 0 Å². The lowest BCUT2D eigenvalue weighted by atomic mass is 9.55. The number of rotatable bonds is 3. The SMILES string of the molecule is CCCN1CC[C@H]2c3cc4cc(Cl)ccc4nc3[C@H](CC)[C@H]3CCC[C@@H]1[C@@H]32. The molecule has 0 radical (unpaired) electrons. The summed E-state index contributed by atoms with van der Waals surface area (Å²) in [5, 5.41) is 2.04. The van der Waals surface area contributed by atoms with Gasteiger partial charge in [-0.25, -0.2) is 0 Å². The van der Waals surface area contributed by atoms with Crippen molar-refractivity contribution in [2.24, 2.45) is 11.8 Å². The minimum Gasteiger partial charge on any atom is -0.300 e. The molecule has 2 aliphatic carbocycles. The summed E-state index contributed by atoms with van der Waals surface area (Å²) in [6, 6.07) is 9.43. The van der Waals surface area contributed by atoms with Gasteiger partial charge in [-0.1, -0.05) is 31.9 Å². The van der Waals surface area contributed by atoms with Gasteiger partial charge in [0.05, 0.1) is 5.52 Å². The normalized spacial score (nSPS) is 32.9. The van der Waals surface area contributed by atoms with Gasteiger partial charge in [0.1, 0.15) is 0 Å². The molecule has 3 heteroatoms. The van der Waals surface area contributed by atoms with E-state index in [1.807, 2.05) is 6.07 Å². The van der Waals surface area contributed by atoms with Crippen LogP contribution in [0.4, 0.5) is 0 Å². The lowest BCUT2D eigenvalue weighted by Gasteiger charge is -2.56. The molecule has 5 atom stereocenters. The molecule has 1 aliphatic heterocycles. The number of aromatic nitrogens is 1. The van der Waals surface area contributed by atoms with Gasteiger partial charge in [0.25, 0.3) is 0 Å². The number of piperidine rings is 1. The maximum Gasteiger partial charge on any atom is 0.0706 e. The van der Waals surface area contributed by atoms with Gasteiger partial charge in [-0.15, -0.1) is 0 Å². The second kappa shape index (κ2) is 7.04. The molecule has 0 spiro atoms. The van der Waals surface area contributed by atoms with Crippen LogP contribution >= 0.6 is 11.6 Å². The summed E-state index contributed by atoms with van der Waals surface area (Å²) in [5.41, 5.74) is 4.09. The van der Waals surface area contributed by atoms with Crippen molar-refractivity contribution in [3.8, 4) is 0 Å². The largest absolute Gasteiger partial charge is 0.300 e. The van der Waals surface area contributed by atoms with E-state index in [2.05, 4.69) is 36.9 Å². The predicted octanol–water partition coefficient (Wildman–Crippen LogP) is 6.38. The molecule has 2 nitrogen and oxygen atoms in total. The van der Waals surface area contributed by atoms with Crippen molar-refractivity contribution >= 4 is 22.5 Å². The van der Waals surface area contributed by atoms with Crippen LogP contribution in [0, 0.1) is 11.8 Å². The maximum atomic E-state index is 6.29. The van der Waals surface area contributed by atoms with E-state index < -0.39 is 0 Å². The van der Waals surface area contributed by atoms with Crippen molar-refractivity contribution in [1.82, 2.24) is 9.88 Å². The third kappa shape index (κ3) is 2.83. The monoisotopic (exact) mass is 382 g/mol. The first-order valence-corrected chi connectivity index (χ1v) is 11.4. The Morgan fingerprint density at radius 3 is 2.85 bits per heavy atom. The molecule has 0 unspecified atom stereocenters. The number of halogens is 1. The molecule has 1 saturated heterocycles. The van der Waals surface area contributed by atoms with E-state index in [4.69, 9.17) is 16.6 Å². The van der Waals surface area contributed by atoms with Crippen LogP contribution in [-0.4, -0.2) is 29.0 Å². The van der Waals surface area contributed by atoms with Crippen LogP contribution in [0.5, 0.6) is 0 Å². The Morgan fingerprint density at radius 2 is 2.04 bits per heavy atom. The Labute approximate surface area is 168 Å². The molecule has 1 aromatic heterocycles. The number of fused-ring (bicyclic) bond motifs is 3. The third-order valence-corrected chi connectivity index (χ3v) is 7.93. The van der Waals surface area contributed by atoms with Gasteiger partial charge >= 0.3 is 0 Å². The van der Waals surface area contributed by atoms with E-state index in [9.17, 15) is 0 Å². The van der Waals surface area contributed by atoms with Crippen molar-refractivity contribution < 1.29 is 0 Å². The highest BCUT2D eigenvalue weighted by Crippen LogP contribution is 2.57. The molecule has 27 heavy (non-hydrogen) atoms. The standard InChI is InChI=1S/C24H31ClN2/c1-3-11-27-12-10-19-20-14-15-13-16(25)8-9-21(15)26-24(20)17(4-2)18-6-5-7-22(27)23(18)19/h8-9,13-14,17-19,22-23H,3-7,10-12H2,1-2H3/t17-,18-,19+,22-,23+/m1/s1. The van der Waals surface area contributed by atoms with Crippen molar-refractivity contribution in [2.75, 3.05) is 13.1 Å². The molecule has 0 amide bonds. The van der Waals surface area contributed by atoms with Crippen LogP contribution in [0.3, 0.4) is 0 Å². The number of likely N-dealkylation sites (tertiary alicyclic amines) is 1. The van der Waals surface area contributed by atoms with Crippen molar-refractivity contribution in [2.45, 2.75) is 70.3 Å². The first-order valence-electron chi connectivity index (χ1n) is 11.1. The molecular weight excluding hydrogens is 352 g/mol. The van der Waals surface area contributed by atoms with Crippen LogP contribution in [0.1, 0.15) is 75.5 Å². The Balaban J connectivity index is 1.65. The lowest BCUT2D eigenvalue weighted by Crippen LogP contribution is -2.55. The first kappa shape index (κ1) is 17.9. The molecule has 2 heterocycles. The number of nitrogens with zero attached hydrogens (tertiary/aromatic N) is 2. The smallest absolute Gasteiger partial charge is 0.0706 e. The molecule has 1 aromatic carbocycles. The first-order chi connectivity index (χ1) is 13.2.